The summed E-state index contributed by atoms with van der Waals surface area (Å²) in [6.45, 7) is 0.518. The fraction of sp³-hybridized carbons (Fsp3) is 0.211. The Kier molecular flexibility index (Phi) is 4.55. The van der Waals surface area contributed by atoms with Gasteiger partial charge < -0.3 is 14.9 Å². The lowest BCUT2D eigenvalue weighted by atomic mass is 10.1. The Morgan fingerprint density at radius 3 is 2.85 bits per heavy atom. The lowest BCUT2D eigenvalue weighted by Gasteiger charge is -2.13. The molecule has 1 unspecified atom stereocenters. The third-order valence-electron chi connectivity index (χ3n) is 4.28. The third kappa shape index (κ3) is 3.52. The zero-order valence-electron chi connectivity index (χ0n) is 14.3. The van der Waals surface area contributed by atoms with E-state index in [0.717, 1.165) is 5.69 Å². The van der Waals surface area contributed by atoms with E-state index in [-0.39, 0.29) is 18.2 Å². The van der Waals surface area contributed by atoms with E-state index >= 15 is 0 Å². The molecule has 0 radical (unpaired) electrons. The maximum Gasteiger partial charge on any atom is 0.414 e. The van der Waals surface area contributed by atoms with Gasteiger partial charge in [0, 0.05) is 18.4 Å². The molecule has 138 valence electrons. The van der Waals surface area contributed by atoms with Gasteiger partial charge in [0.25, 0.3) is 0 Å². The number of amides is 1. The number of halogens is 1. The summed E-state index contributed by atoms with van der Waals surface area (Å²) in [5, 5.41) is 0. The summed E-state index contributed by atoms with van der Waals surface area (Å²) in [6.07, 6.45) is 2.67. The van der Waals surface area contributed by atoms with E-state index in [0.29, 0.717) is 30.3 Å². The predicted molar refractivity (Wildman–Crippen MR) is 95.6 cm³/mol. The SMILES string of the molecule is NCC1CN(c2ccc(-c3cnc(Cc4ccccn4)o3)c(F)c2)C(=O)O1. The van der Waals surface area contributed by atoms with Gasteiger partial charge in [0.05, 0.1) is 30.4 Å². The van der Waals surface area contributed by atoms with Crippen LogP contribution in [0.3, 0.4) is 0 Å². The first-order chi connectivity index (χ1) is 13.1. The molecule has 4 rings (SSSR count). The zero-order valence-corrected chi connectivity index (χ0v) is 14.3. The quantitative estimate of drug-likeness (QED) is 0.744. The average Bonchev–Trinajstić information content (AvgIpc) is 3.29. The number of cyclic esters (lactones) is 1. The van der Waals surface area contributed by atoms with Gasteiger partial charge in [-0.1, -0.05) is 6.07 Å². The van der Waals surface area contributed by atoms with Crippen molar-refractivity contribution < 1.29 is 18.3 Å². The van der Waals surface area contributed by atoms with Crippen LogP contribution >= 0.6 is 0 Å². The summed E-state index contributed by atoms with van der Waals surface area (Å²) in [6, 6.07) is 10.0. The van der Waals surface area contributed by atoms with E-state index in [4.69, 9.17) is 14.9 Å². The molecule has 1 atom stereocenters. The van der Waals surface area contributed by atoms with E-state index in [9.17, 15) is 9.18 Å². The number of hydrogen-bond acceptors (Lipinski definition) is 6. The molecular formula is C19H17FN4O3. The highest BCUT2D eigenvalue weighted by atomic mass is 19.1. The number of carbonyl (C=O) groups is 1. The first kappa shape index (κ1) is 17.2. The van der Waals surface area contributed by atoms with Crippen molar-refractivity contribution >= 4 is 11.8 Å². The third-order valence-corrected chi connectivity index (χ3v) is 4.28. The van der Waals surface area contributed by atoms with Gasteiger partial charge in [0.1, 0.15) is 11.9 Å². The Balaban J connectivity index is 1.54. The van der Waals surface area contributed by atoms with Crippen molar-refractivity contribution in [3.8, 4) is 11.3 Å². The van der Waals surface area contributed by atoms with Gasteiger partial charge >= 0.3 is 6.09 Å². The van der Waals surface area contributed by atoms with Crippen LogP contribution in [-0.4, -0.2) is 35.3 Å². The molecule has 1 aliphatic rings. The van der Waals surface area contributed by atoms with Crippen LogP contribution in [0.5, 0.6) is 0 Å². The Morgan fingerprint density at radius 1 is 1.26 bits per heavy atom. The topological polar surface area (TPSA) is 94.5 Å². The molecule has 0 spiro atoms. The molecule has 1 fully saturated rings. The number of carbonyl (C=O) groups excluding carboxylic acids is 1. The van der Waals surface area contributed by atoms with Crippen LogP contribution in [0.1, 0.15) is 11.6 Å². The monoisotopic (exact) mass is 368 g/mol. The van der Waals surface area contributed by atoms with Crippen LogP contribution in [0.25, 0.3) is 11.3 Å². The van der Waals surface area contributed by atoms with Gasteiger partial charge in [0.15, 0.2) is 5.76 Å². The predicted octanol–water partition coefficient (Wildman–Crippen LogP) is 2.75. The molecule has 0 bridgehead atoms. The molecule has 0 saturated carbocycles. The normalized spacial score (nSPS) is 16.6. The molecule has 3 heterocycles. The minimum atomic E-state index is -0.532. The Morgan fingerprint density at radius 2 is 2.15 bits per heavy atom. The van der Waals surface area contributed by atoms with Crippen molar-refractivity contribution in [3.63, 3.8) is 0 Å². The van der Waals surface area contributed by atoms with E-state index in [1.54, 1.807) is 18.3 Å². The van der Waals surface area contributed by atoms with Crippen molar-refractivity contribution in [3.05, 3.63) is 66.2 Å². The Hall–Kier alpha value is -3.26. The fourth-order valence-electron chi connectivity index (χ4n) is 2.90. The second kappa shape index (κ2) is 7.16. The first-order valence-electron chi connectivity index (χ1n) is 8.47. The summed E-state index contributed by atoms with van der Waals surface area (Å²) < 4.78 is 25.4. The van der Waals surface area contributed by atoms with E-state index < -0.39 is 11.9 Å². The van der Waals surface area contributed by atoms with Crippen LogP contribution in [0.2, 0.25) is 0 Å². The van der Waals surface area contributed by atoms with Crippen LogP contribution in [0.4, 0.5) is 14.9 Å². The maximum absolute atomic E-state index is 14.6. The second-order valence-electron chi connectivity index (χ2n) is 6.13. The highest BCUT2D eigenvalue weighted by Gasteiger charge is 2.31. The molecule has 27 heavy (non-hydrogen) atoms. The molecule has 1 saturated heterocycles. The van der Waals surface area contributed by atoms with Crippen LogP contribution < -0.4 is 10.6 Å². The second-order valence-corrected chi connectivity index (χ2v) is 6.13. The van der Waals surface area contributed by atoms with Crippen molar-refractivity contribution in [2.24, 2.45) is 5.73 Å². The Labute approximate surface area is 154 Å². The lowest BCUT2D eigenvalue weighted by Crippen LogP contribution is -2.27. The number of nitrogens with two attached hydrogens (primary N) is 1. The number of nitrogens with zero attached hydrogens (tertiary/aromatic N) is 3. The molecule has 7 nitrogen and oxygen atoms in total. The van der Waals surface area contributed by atoms with Crippen molar-refractivity contribution in [1.82, 2.24) is 9.97 Å². The number of oxazole rings is 1. The molecule has 2 N–H and O–H groups in total. The molecule has 0 aliphatic carbocycles. The number of anilines is 1. The standard InChI is InChI=1S/C19H17FN4O3/c20-16-8-13(24-11-14(9-21)26-19(24)25)4-5-15(16)17-10-23-18(27-17)7-12-3-1-2-6-22-12/h1-6,8,10,14H,7,9,11,21H2. The summed E-state index contributed by atoms with van der Waals surface area (Å²) in [5.74, 6) is 0.243. The first-order valence-corrected chi connectivity index (χ1v) is 8.47. The smallest absolute Gasteiger partial charge is 0.414 e. The number of benzene rings is 1. The van der Waals surface area contributed by atoms with Crippen LogP contribution in [0.15, 0.2) is 53.2 Å². The maximum atomic E-state index is 14.6. The van der Waals surface area contributed by atoms with Crippen LogP contribution in [-0.2, 0) is 11.2 Å². The summed E-state index contributed by atoms with van der Waals surface area (Å²) >= 11 is 0. The molecule has 1 aliphatic heterocycles. The lowest BCUT2D eigenvalue weighted by molar-refractivity contribution is 0.145. The molecule has 1 aromatic carbocycles. The zero-order chi connectivity index (χ0) is 18.8. The number of rotatable bonds is 5. The average molecular weight is 368 g/mol. The highest BCUT2D eigenvalue weighted by molar-refractivity contribution is 5.90. The van der Waals surface area contributed by atoms with Gasteiger partial charge in [-0.05, 0) is 30.3 Å². The van der Waals surface area contributed by atoms with Gasteiger partial charge in [-0.25, -0.2) is 14.2 Å². The summed E-state index contributed by atoms with van der Waals surface area (Å²) in [7, 11) is 0. The van der Waals surface area contributed by atoms with Gasteiger partial charge in [-0.15, -0.1) is 0 Å². The number of ether oxygens (including phenoxy) is 1. The van der Waals surface area contributed by atoms with Crippen LogP contribution in [0, 0.1) is 5.82 Å². The minimum Gasteiger partial charge on any atom is -0.443 e. The van der Waals surface area contributed by atoms with Crippen molar-refractivity contribution in [2.75, 3.05) is 18.0 Å². The van der Waals surface area contributed by atoms with Crippen molar-refractivity contribution in [1.29, 1.82) is 0 Å². The molecule has 2 aromatic heterocycles. The van der Waals surface area contributed by atoms with Gasteiger partial charge in [0.2, 0.25) is 5.89 Å². The molecule has 8 heteroatoms. The van der Waals surface area contributed by atoms with Gasteiger partial charge in [-0.2, -0.15) is 0 Å². The Bertz CT molecular complexity index is 961. The molecule has 1 amide bonds. The largest absolute Gasteiger partial charge is 0.443 e. The van der Waals surface area contributed by atoms with E-state index in [1.165, 1.54) is 17.2 Å². The van der Waals surface area contributed by atoms with E-state index in [1.807, 2.05) is 18.2 Å². The van der Waals surface area contributed by atoms with Crippen molar-refractivity contribution in [2.45, 2.75) is 12.5 Å². The number of aromatic nitrogens is 2. The summed E-state index contributed by atoms with van der Waals surface area (Å²) in [5.41, 5.74) is 7.00. The van der Waals surface area contributed by atoms with E-state index in [2.05, 4.69) is 9.97 Å². The minimum absolute atomic E-state index is 0.222. The fourth-order valence-corrected chi connectivity index (χ4v) is 2.90. The molecular weight excluding hydrogens is 351 g/mol. The molecule has 3 aromatic rings. The summed E-state index contributed by atoms with van der Waals surface area (Å²) in [4.78, 5) is 21.6. The van der Waals surface area contributed by atoms with Gasteiger partial charge in [-0.3, -0.25) is 9.88 Å². The number of pyridine rings is 1. The highest BCUT2D eigenvalue weighted by Crippen LogP contribution is 2.29. The number of hydrogen-bond donors (Lipinski definition) is 1.